The summed E-state index contributed by atoms with van der Waals surface area (Å²) in [7, 11) is 1.40. The van der Waals surface area contributed by atoms with Gasteiger partial charge in [0.25, 0.3) is 0 Å². The Labute approximate surface area is 153 Å². The zero-order valence-corrected chi connectivity index (χ0v) is 15.0. The van der Waals surface area contributed by atoms with Crippen LogP contribution in [0.5, 0.6) is 5.75 Å². The highest BCUT2D eigenvalue weighted by molar-refractivity contribution is 5.90. The summed E-state index contributed by atoms with van der Waals surface area (Å²) in [4.78, 5) is 11.6. The van der Waals surface area contributed by atoms with E-state index in [0.29, 0.717) is 5.56 Å². The maximum absolute atomic E-state index is 11.6. The number of benzene rings is 2. The lowest BCUT2D eigenvalue weighted by atomic mass is 9.80. The van der Waals surface area contributed by atoms with E-state index in [2.05, 4.69) is 29.6 Å². The van der Waals surface area contributed by atoms with E-state index in [1.165, 1.54) is 12.7 Å². The number of hydrogen-bond acceptors (Lipinski definition) is 4. The van der Waals surface area contributed by atoms with Crippen molar-refractivity contribution >= 4 is 17.6 Å². The molecule has 0 saturated carbocycles. The van der Waals surface area contributed by atoms with Gasteiger partial charge in [-0.05, 0) is 55.3 Å². The number of esters is 1. The Hall–Kier alpha value is -2.59. The molecule has 1 spiro atoms. The first-order valence-corrected chi connectivity index (χ1v) is 9.07. The Balaban J connectivity index is 1.69. The minimum atomic E-state index is -0.311. The monoisotopic (exact) mass is 349 g/mol. The SMILES string of the molecule is COC(=O)c1ccc(/C=C2\CC3(CCNCC3)Oc3ccccc32)cc1. The first-order chi connectivity index (χ1) is 12.7. The van der Waals surface area contributed by atoms with Gasteiger partial charge < -0.3 is 14.8 Å². The number of piperidine rings is 1. The molecule has 26 heavy (non-hydrogen) atoms. The summed E-state index contributed by atoms with van der Waals surface area (Å²) in [5.74, 6) is 0.660. The number of methoxy groups -OCH3 is 1. The number of carbonyl (C=O) groups is 1. The number of rotatable bonds is 2. The van der Waals surface area contributed by atoms with Crippen molar-refractivity contribution in [3.63, 3.8) is 0 Å². The van der Waals surface area contributed by atoms with Gasteiger partial charge in [0.1, 0.15) is 11.4 Å². The van der Waals surface area contributed by atoms with Gasteiger partial charge in [-0.1, -0.05) is 36.4 Å². The maximum Gasteiger partial charge on any atom is 0.337 e. The molecule has 0 atom stereocenters. The molecule has 2 aliphatic heterocycles. The van der Waals surface area contributed by atoms with Crippen molar-refractivity contribution in [2.75, 3.05) is 20.2 Å². The highest BCUT2D eigenvalue weighted by Gasteiger charge is 2.39. The molecule has 1 saturated heterocycles. The van der Waals surface area contributed by atoms with E-state index in [1.807, 2.05) is 30.3 Å². The van der Waals surface area contributed by atoms with Gasteiger partial charge in [-0.25, -0.2) is 4.79 Å². The molecule has 0 aromatic heterocycles. The van der Waals surface area contributed by atoms with Gasteiger partial charge in [0, 0.05) is 12.0 Å². The lowest BCUT2D eigenvalue weighted by Crippen LogP contribution is -2.47. The van der Waals surface area contributed by atoms with Crippen LogP contribution in [0.1, 0.15) is 40.7 Å². The lowest BCUT2D eigenvalue weighted by Gasteiger charge is -2.42. The van der Waals surface area contributed by atoms with E-state index < -0.39 is 0 Å². The van der Waals surface area contributed by atoms with Gasteiger partial charge in [-0.2, -0.15) is 0 Å². The Morgan fingerprint density at radius 1 is 1.12 bits per heavy atom. The summed E-state index contributed by atoms with van der Waals surface area (Å²) in [5, 5.41) is 3.42. The van der Waals surface area contributed by atoms with Crippen LogP contribution < -0.4 is 10.1 Å². The second kappa shape index (κ2) is 6.96. The van der Waals surface area contributed by atoms with Gasteiger partial charge in [0.2, 0.25) is 0 Å². The molecule has 4 nitrogen and oxygen atoms in total. The number of para-hydroxylation sites is 1. The molecule has 1 N–H and O–H groups in total. The lowest BCUT2D eigenvalue weighted by molar-refractivity contribution is 0.0359. The number of carbonyl (C=O) groups excluding carboxylic acids is 1. The molecule has 0 radical (unpaired) electrons. The second-order valence-electron chi connectivity index (χ2n) is 6.99. The zero-order valence-electron chi connectivity index (χ0n) is 15.0. The van der Waals surface area contributed by atoms with Gasteiger partial charge >= 0.3 is 5.97 Å². The molecular formula is C22H23NO3. The van der Waals surface area contributed by atoms with Crippen LogP contribution in [-0.4, -0.2) is 31.8 Å². The van der Waals surface area contributed by atoms with Crippen LogP contribution in [0.25, 0.3) is 11.6 Å². The Bertz CT molecular complexity index is 833. The van der Waals surface area contributed by atoms with Crippen LogP contribution in [0.15, 0.2) is 48.5 Å². The molecule has 2 aromatic rings. The van der Waals surface area contributed by atoms with E-state index in [9.17, 15) is 4.79 Å². The van der Waals surface area contributed by atoms with E-state index in [4.69, 9.17) is 9.47 Å². The topological polar surface area (TPSA) is 47.6 Å². The minimum Gasteiger partial charge on any atom is -0.486 e. The average molecular weight is 349 g/mol. The summed E-state index contributed by atoms with van der Waals surface area (Å²) < 4.78 is 11.2. The molecular weight excluding hydrogens is 326 g/mol. The van der Waals surface area contributed by atoms with Crippen LogP contribution >= 0.6 is 0 Å². The Morgan fingerprint density at radius 3 is 2.58 bits per heavy atom. The Morgan fingerprint density at radius 2 is 1.85 bits per heavy atom. The zero-order chi connectivity index (χ0) is 18.0. The number of hydrogen-bond donors (Lipinski definition) is 1. The largest absolute Gasteiger partial charge is 0.486 e. The number of fused-ring (bicyclic) bond motifs is 1. The predicted octanol–water partition coefficient (Wildman–Crippen LogP) is 3.92. The summed E-state index contributed by atoms with van der Waals surface area (Å²) in [6, 6.07) is 15.8. The van der Waals surface area contributed by atoms with E-state index >= 15 is 0 Å². The fourth-order valence-corrected chi connectivity index (χ4v) is 3.86. The van der Waals surface area contributed by atoms with Gasteiger partial charge in [-0.3, -0.25) is 0 Å². The Kier molecular flexibility index (Phi) is 4.51. The van der Waals surface area contributed by atoms with Crippen molar-refractivity contribution in [2.45, 2.75) is 24.9 Å². The standard InChI is InChI=1S/C22H23NO3/c1-25-21(24)17-8-6-16(7-9-17)14-18-15-22(10-12-23-13-11-22)26-20-5-3-2-4-19(18)20/h2-9,14,23H,10-13,15H2,1H3/b18-14+. The fraction of sp³-hybridized carbons (Fsp3) is 0.318. The molecule has 0 amide bonds. The van der Waals surface area contributed by atoms with Crippen LogP contribution in [0, 0.1) is 0 Å². The summed E-state index contributed by atoms with van der Waals surface area (Å²) in [6.07, 6.45) is 5.15. The van der Waals surface area contributed by atoms with Gasteiger partial charge in [0.15, 0.2) is 0 Å². The van der Waals surface area contributed by atoms with E-state index in [0.717, 1.165) is 49.2 Å². The van der Waals surface area contributed by atoms with E-state index in [1.54, 1.807) is 0 Å². The fourth-order valence-electron chi connectivity index (χ4n) is 3.86. The molecule has 134 valence electrons. The number of ether oxygens (including phenoxy) is 2. The smallest absolute Gasteiger partial charge is 0.337 e. The van der Waals surface area contributed by atoms with Crippen molar-refractivity contribution in [3.05, 3.63) is 65.2 Å². The van der Waals surface area contributed by atoms with Gasteiger partial charge in [0.05, 0.1) is 12.7 Å². The van der Waals surface area contributed by atoms with Crippen LogP contribution in [0.2, 0.25) is 0 Å². The van der Waals surface area contributed by atoms with Crippen LogP contribution in [0.4, 0.5) is 0 Å². The second-order valence-corrected chi connectivity index (χ2v) is 6.99. The molecule has 2 heterocycles. The molecule has 4 heteroatoms. The first kappa shape index (κ1) is 16.9. The molecule has 2 aromatic carbocycles. The molecule has 0 bridgehead atoms. The normalized spacial score (nSPS) is 19.7. The minimum absolute atomic E-state index is 0.114. The van der Waals surface area contributed by atoms with Crippen molar-refractivity contribution in [2.24, 2.45) is 0 Å². The number of nitrogens with one attached hydrogen (secondary N) is 1. The van der Waals surface area contributed by atoms with Crippen molar-refractivity contribution in [1.82, 2.24) is 5.32 Å². The molecule has 0 aliphatic carbocycles. The average Bonchev–Trinajstić information content (AvgIpc) is 2.68. The predicted molar refractivity (Wildman–Crippen MR) is 102 cm³/mol. The van der Waals surface area contributed by atoms with Crippen molar-refractivity contribution in [1.29, 1.82) is 0 Å². The highest BCUT2D eigenvalue weighted by Crippen LogP contribution is 2.44. The quantitative estimate of drug-likeness (QED) is 0.835. The highest BCUT2D eigenvalue weighted by atomic mass is 16.5. The maximum atomic E-state index is 11.6. The summed E-state index contributed by atoms with van der Waals surface area (Å²) >= 11 is 0. The summed E-state index contributed by atoms with van der Waals surface area (Å²) in [6.45, 7) is 1.98. The third-order valence-corrected chi connectivity index (χ3v) is 5.26. The summed E-state index contributed by atoms with van der Waals surface area (Å²) in [5.41, 5.74) is 3.98. The van der Waals surface area contributed by atoms with Gasteiger partial charge in [-0.15, -0.1) is 0 Å². The molecule has 2 aliphatic rings. The van der Waals surface area contributed by atoms with Crippen LogP contribution in [-0.2, 0) is 4.74 Å². The first-order valence-electron chi connectivity index (χ1n) is 9.07. The third kappa shape index (κ3) is 3.25. The van der Waals surface area contributed by atoms with Crippen molar-refractivity contribution in [3.8, 4) is 5.75 Å². The van der Waals surface area contributed by atoms with E-state index in [-0.39, 0.29) is 11.6 Å². The van der Waals surface area contributed by atoms with Crippen LogP contribution in [0.3, 0.4) is 0 Å². The molecule has 1 fully saturated rings. The van der Waals surface area contributed by atoms with Crippen molar-refractivity contribution < 1.29 is 14.3 Å². The molecule has 4 rings (SSSR count). The third-order valence-electron chi connectivity index (χ3n) is 5.26. The molecule has 0 unspecified atom stereocenters.